The summed E-state index contributed by atoms with van der Waals surface area (Å²) in [5, 5.41) is 14.5. The van der Waals surface area contributed by atoms with E-state index in [1.54, 1.807) is 0 Å². The lowest BCUT2D eigenvalue weighted by Crippen LogP contribution is -2.44. The van der Waals surface area contributed by atoms with Crippen molar-refractivity contribution in [2.45, 2.75) is 57.5 Å². The van der Waals surface area contributed by atoms with Gasteiger partial charge in [-0.15, -0.1) is 0 Å². The fraction of sp³-hybridized carbons (Fsp3) is 0.444. The van der Waals surface area contributed by atoms with Gasteiger partial charge in [-0.3, -0.25) is 19.9 Å². The van der Waals surface area contributed by atoms with Crippen LogP contribution in [0.15, 0.2) is 60.7 Å². The molecule has 1 fully saturated rings. The quantitative estimate of drug-likeness (QED) is 0.362. The molecule has 2 amide bonds. The van der Waals surface area contributed by atoms with Crippen LogP contribution < -0.4 is 16.4 Å². The Hall–Kier alpha value is -3.19. The van der Waals surface area contributed by atoms with Gasteiger partial charge in [0.25, 0.3) is 5.91 Å². The van der Waals surface area contributed by atoms with Crippen molar-refractivity contribution in [2.24, 2.45) is 11.7 Å². The molecule has 5 N–H and O–H groups in total. The molecule has 1 saturated heterocycles. The van der Waals surface area contributed by atoms with Crippen molar-refractivity contribution in [3.8, 4) is 0 Å². The molecule has 0 saturated carbocycles. The van der Waals surface area contributed by atoms with Crippen molar-refractivity contribution >= 4 is 17.8 Å². The molecular formula is C27H37N5O2. The van der Waals surface area contributed by atoms with Gasteiger partial charge in [0.1, 0.15) is 5.54 Å². The fourth-order valence-electron chi connectivity index (χ4n) is 4.30. The molecule has 7 nitrogen and oxygen atoms in total. The molecule has 34 heavy (non-hydrogen) atoms. The molecule has 2 aromatic carbocycles. The summed E-state index contributed by atoms with van der Waals surface area (Å²) in [6.45, 7) is 5.21. The first-order valence-corrected chi connectivity index (χ1v) is 12.1. The average molecular weight is 464 g/mol. The second-order valence-electron chi connectivity index (χ2n) is 9.43. The summed E-state index contributed by atoms with van der Waals surface area (Å²) in [6, 6.07) is 18.8. The highest BCUT2D eigenvalue weighted by atomic mass is 16.2. The van der Waals surface area contributed by atoms with Gasteiger partial charge in [-0.25, -0.2) is 0 Å². The van der Waals surface area contributed by atoms with Gasteiger partial charge in [-0.1, -0.05) is 74.5 Å². The van der Waals surface area contributed by atoms with Gasteiger partial charge < -0.3 is 16.4 Å². The van der Waals surface area contributed by atoms with Crippen molar-refractivity contribution in [1.29, 1.82) is 5.41 Å². The van der Waals surface area contributed by atoms with Gasteiger partial charge in [0, 0.05) is 13.1 Å². The van der Waals surface area contributed by atoms with Crippen molar-refractivity contribution in [3.63, 3.8) is 0 Å². The van der Waals surface area contributed by atoms with Gasteiger partial charge >= 0.3 is 0 Å². The van der Waals surface area contributed by atoms with Crippen LogP contribution in [0.2, 0.25) is 0 Å². The lowest BCUT2D eigenvalue weighted by Gasteiger charge is -2.28. The zero-order valence-corrected chi connectivity index (χ0v) is 20.2. The van der Waals surface area contributed by atoms with E-state index in [4.69, 9.17) is 11.1 Å². The summed E-state index contributed by atoms with van der Waals surface area (Å²) in [5.74, 6) is 0.354. The van der Waals surface area contributed by atoms with Gasteiger partial charge in [0.05, 0.1) is 6.04 Å². The topological polar surface area (TPSA) is 111 Å². The number of rotatable bonds is 12. The van der Waals surface area contributed by atoms with Gasteiger partial charge in [-0.2, -0.15) is 0 Å². The molecular weight excluding hydrogens is 426 g/mol. The third kappa shape index (κ3) is 6.23. The zero-order valence-electron chi connectivity index (χ0n) is 20.2. The lowest BCUT2D eigenvalue weighted by molar-refractivity contribution is -0.132. The Balaban J connectivity index is 1.50. The predicted octanol–water partition coefficient (Wildman–Crippen LogP) is 3.15. The standard InChI is InChI=1S/C27H37N5O2/c1-20(2)15-16-27(22-13-7-4-8-14-22)25(34)32(26(29)31-27)18-10-9-17-30-24(33)23(28)19-21-11-5-3-6-12-21/h3-8,11-14,20,23H,9-10,15-19,28H2,1-2H3,(H2,29,31)(H,30,33)/t23-,27?/m0/s1. The number of amides is 2. The molecule has 1 unspecified atom stereocenters. The Kier molecular flexibility index (Phi) is 8.82. The molecule has 2 aromatic rings. The lowest BCUT2D eigenvalue weighted by atomic mass is 9.83. The Morgan fingerprint density at radius 3 is 2.38 bits per heavy atom. The molecule has 3 rings (SSSR count). The minimum absolute atomic E-state index is 0.0710. The Bertz CT molecular complexity index is 964. The van der Waals surface area contributed by atoms with E-state index >= 15 is 0 Å². The third-order valence-electron chi connectivity index (χ3n) is 6.32. The average Bonchev–Trinajstić information content (AvgIpc) is 3.08. The molecule has 0 aromatic heterocycles. The number of guanidine groups is 1. The monoisotopic (exact) mass is 463 g/mol. The number of carbonyl (C=O) groups is 2. The Morgan fingerprint density at radius 2 is 1.74 bits per heavy atom. The number of hydrogen-bond acceptors (Lipinski definition) is 4. The maximum atomic E-state index is 13.5. The van der Waals surface area contributed by atoms with Crippen LogP contribution in [0.4, 0.5) is 0 Å². The number of hydrogen-bond donors (Lipinski definition) is 4. The summed E-state index contributed by atoms with van der Waals surface area (Å²) in [5.41, 5.74) is 7.07. The molecule has 1 aliphatic heterocycles. The second-order valence-corrected chi connectivity index (χ2v) is 9.43. The highest BCUT2D eigenvalue weighted by Crippen LogP contribution is 2.34. The van der Waals surface area contributed by atoms with Crippen LogP contribution in [0.1, 0.15) is 50.7 Å². The van der Waals surface area contributed by atoms with Crippen LogP contribution >= 0.6 is 0 Å². The summed E-state index contributed by atoms with van der Waals surface area (Å²) in [4.78, 5) is 27.4. The summed E-state index contributed by atoms with van der Waals surface area (Å²) in [6.07, 6.45) is 3.39. The number of nitrogens with two attached hydrogens (primary N) is 1. The van der Waals surface area contributed by atoms with Crippen LogP contribution in [0.5, 0.6) is 0 Å². The van der Waals surface area contributed by atoms with Gasteiger partial charge in [0.15, 0.2) is 5.96 Å². The first kappa shape index (κ1) is 25.4. The summed E-state index contributed by atoms with van der Waals surface area (Å²) in [7, 11) is 0. The van der Waals surface area contributed by atoms with E-state index in [1.807, 2.05) is 60.7 Å². The van der Waals surface area contributed by atoms with Crippen molar-refractivity contribution in [1.82, 2.24) is 15.5 Å². The van der Waals surface area contributed by atoms with Crippen LogP contribution in [-0.2, 0) is 21.5 Å². The van der Waals surface area contributed by atoms with Crippen LogP contribution in [0.3, 0.4) is 0 Å². The smallest absolute Gasteiger partial charge is 0.259 e. The van der Waals surface area contributed by atoms with E-state index in [9.17, 15) is 9.59 Å². The first-order valence-electron chi connectivity index (χ1n) is 12.1. The number of nitrogens with one attached hydrogen (secondary N) is 3. The largest absolute Gasteiger partial charge is 0.355 e. The SMILES string of the molecule is CC(C)CCC1(c2ccccc2)NC(=N)N(CCCCNC(=O)[C@@H](N)Cc2ccccc2)C1=O. The second kappa shape index (κ2) is 11.8. The van der Waals surface area contributed by atoms with Crippen LogP contribution in [-0.4, -0.2) is 41.8 Å². The van der Waals surface area contributed by atoms with E-state index < -0.39 is 11.6 Å². The Labute approximate surface area is 202 Å². The van der Waals surface area contributed by atoms with E-state index in [-0.39, 0.29) is 17.8 Å². The van der Waals surface area contributed by atoms with E-state index in [0.717, 1.165) is 17.5 Å². The molecule has 0 radical (unpaired) electrons. The molecule has 2 atom stereocenters. The molecule has 0 aliphatic carbocycles. The molecule has 0 bridgehead atoms. The van der Waals surface area contributed by atoms with Crippen molar-refractivity contribution in [2.75, 3.05) is 13.1 Å². The van der Waals surface area contributed by atoms with E-state index in [1.165, 1.54) is 4.90 Å². The minimum Gasteiger partial charge on any atom is -0.355 e. The maximum absolute atomic E-state index is 13.5. The molecule has 1 heterocycles. The normalized spacial score (nSPS) is 18.8. The van der Waals surface area contributed by atoms with Crippen molar-refractivity contribution < 1.29 is 9.59 Å². The van der Waals surface area contributed by atoms with Gasteiger partial charge in [-0.05, 0) is 49.1 Å². The maximum Gasteiger partial charge on any atom is 0.259 e. The van der Waals surface area contributed by atoms with Crippen molar-refractivity contribution in [3.05, 3.63) is 71.8 Å². The summed E-state index contributed by atoms with van der Waals surface area (Å²) >= 11 is 0. The molecule has 7 heteroatoms. The third-order valence-corrected chi connectivity index (χ3v) is 6.32. The zero-order chi connectivity index (χ0) is 24.6. The number of unbranched alkanes of at least 4 members (excludes halogenated alkanes) is 1. The molecule has 0 spiro atoms. The number of nitrogens with zero attached hydrogens (tertiary/aromatic N) is 1. The van der Waals surface area contributed by atoms with E-state index in [0.29, 0.717) is 44.7 Å². The Morgan fingerprint density at radius 1 is 1.09 bits per heavy atom. The van der Waals surface area contributed by atoms with Crippen LogP contribution in [0.25, 0.3) is 0 Å². The summed E-state index contributed by atoms with van der Waals surface area (Å²) < 4.78 is 0. The highest BCUT2D eigenvalue weighted by Gasteiger charge is 2.50. The highest BCUT2D eigenvalue weighted by molar-refractivity contribution is 6.08. The molecule has 1 aliphatic rings. The predicted molar refractivity (Wildman–Crippen MR) is 135 cm³/mol. The molecule has 182 valence electrons. The first-order chi connectivity index (χ1) is 16.3. The minimum atomic E-state index is -0.888. The number of benzene rings is 2. The van der Waals surface area contributed by atoms with Gasteiger partial charge in [0.2, 0.25) is 5.91 Å². The number of carbonyl (C=O) groups excluding carboxylic acids is 2. The van der Waals surface area contributed by atoms with E-state index in [2.05, 4.69) is 24.5 Å². The van der Waals surface area contributed by atoms with Crippen LogP contribution in [0, 0.1) is 11.3 Å². The fourth-order valence-corrected chi connectivity index (χ4v) is 4.30.